The second-order valence-electron chi connectivity index (χ2n) is 7.30. The molecule has 2 aliphatic rings. The van der Waals surface area contributed by atoms with E-state index in [1.54, 1.807) is 0 Å². The Labute approximate surface area is 128 Å². The summed E-state index contributed by atoms with van der Waals surface area (Å²) in [6, 6.07) is 1.33. The van der Waals surface area contributed by atoms with Gasteiger partial charge in [-0.2, -0.15) is 0 Å². The van der Waals surface area contributed by atoms with Crippen molar-refractivity contribution in [3.05, 3.63) is 0 Å². The monoisotopic (exact) mass is 298 g/mol. The van der Waals surface area contributed by atoms with Crippen LogP contribution in [0.25, 0.3) is 0 Å². The molecular weight excluding hydrogens is 268 g/mol. The van der Waals surface area contributed by atoms with Gasteiger partial charge < -0.3 is 20.1 Å². The van der Waals surface area contributed by atoms with Crippen molar-refractivity contribution >= 4 is 6.09 Å². The van der Waals surface area contributed by atoms with Crippen LogP contribution in [0, 0.1) is 0 Å². The van der Waals surface area contributed by atoms with Gasteiger partial charge in [0.1, 0.15) is 5.60 Å². The van der Waals surface area contributed by atoms with E-state index in [1.807, 2.05) is 20.8 Å². The van der Waals surface area contributed by atoms with Gasteiger partial charge >= 0.3 is 6.09 Å². The fourth-order valence-electron chi connectivity index (χ4n) is 3.00. The van der Waals surface area contributed by atoms with Crippen LogP contribution in [-0.4, -0.2) is 42.5 Å². The van der Waals surface area contributed by atoms with Gasteiger partial charge in [-0.25, -0.2) is 4.79 Å². The van der Waals surface area contributed by atoms with Gasteiger partial charge in [-0.05, 0) is 52.9 Å². The Morgan fingerprint density at radius 1 is 1.19 bits per heavy atom. The SMILES string of the molecule is CCC1CC(NC2CC(NC(=O)OC(C)(C)C)C2)CCO1. The van der Waals surface area contributed by atoms with E-state index in [-0.39, 0.29) is 12.1 Å². The molecule has 1 aliphatic heterocycles. The van der Waals surface area contributed by atoms with Gasteiger partial charge in [0.25, 0.3) is 0 Å². The molecule has 1 heterocycles. The third-order valence-corrected chi connectivity index (χ3v) is 4.15. The number of carbonyl (C=O) groups excluding carboxylic acids is 1. The molecule has 0 spiro atoms. The fraction of sp³-hybridized carbons (Fsp3) is 0.938. The van der Waals surface area contributed by atoms with Gasteiger partial charge in [-0.1, -0.05) is 6.92 Å². The molecular formula is C16H30N2O3. The van der Waals surface area contributed by atoms with Crippen LogP contribution in [0.5, 0.6) is 0 Å². The molecule has 0 aromatic rings. The van der Waals surface area contributed by atoms with E-state index < -0.39 is 5.60 Å². The molecule has 2 atom stereocenters. The normalized spacial score (nSPS) is 33.1. The summed E-state index contributed by atoms with van der Waals surface area (Å²) in [5, 5.41) is 6.63. The van der Waals surface area contributed by atoms with E-state index in [2.05, 4.69) is 17.6 Å². The van der Waals surface area contributed by atoms with Gasteiger partial charge in [0, 0.05) is 24.7 Å². The molecule has 0 aromatic carbocycles. The van der Waals surface area contributed by atoms with Gasteiger partial charge in [-0.3, -0.25) is 0 Å². The molecule has 2 fully saturated rings. The highest BCUT2D eigenvalue weighted by Gasteiger charge is 2.33. The first kappa shape index (κ1) is 16.6. The van der Waals surface area contributed by atoms with Crippen LogP contribution in [0.1, 0.15) is 59.8 Å². The fourth-order valence-corrected chi connectivity index (χ4v) is 3.00. The number of rotatable bonds is 4. The minimum atomic E-state index is -0.428. The molecule has 2 rings (SSSR count). The van der Waals surface area contributed by atoms with Crippen molar-refractivity contribution in [1.82, 2.24) is 10.6 Å². The lowest BCUT2D eigenvalue weighted by Gasteiger charge is -2.40. The quantitative estimate of drug-likeness (QED) is 0.837. The second kappa shape index (κ2) is 6.97. The van der Waals surface area contributed by atoms with Crippen LogP contribution in [0.2, 0.25) is 0 Å². The van der Waals surface area contributed by atoms with Gasteiger partial charge in [0.05, 0.1) is 6.10 Å². The van der Waals surface area contributed by atoms with Crippen molar-refractivity contribution < 1.29 is 14.3 Å². The van der Waals surface area contributed by atoms with Gasteiger partial charge in [0.2, 0.25) is 0 Å². The van der Waals surface area contributed by atoms with E-state index in [0.717, 1.165) is 38.7 Å². The van der Waals surface area contributed by atoms with Crippen LogP contribution < -0.4 is 10.6 Å². The van der Waals surface area contributed by atoms with Crippen LogP contribution in [0.4, 0.5) is 4.79 Å². The number of nitrogens with one attached hydrogen (secondary N) is 2. The molecule has 2 N–H and O–H groups in total. The van der Waals surface area contributed by atoms with Crippen molar-refractivity contribution in [2.75, 3.05) is 6.61 Å². The molecule has 5 nitrogen and oxygen atoms in total. The second-order valence-corrected chi connectivity index (χ2v) is 7.30. The van der Waals surface area contributed by atoms with E-state index in [9.17, 15) is 4.79 Å². The summed E-state index contributed by atoms with van der Waals surface area (Å²) in [6.07, 6.45) is 5.39. The summed E-state index contributed by atoms with van der Waals surface area (Å²) in [4.78, 5) is 11.7. The van der Waals surface area contributed by atoms with E-state index >= 15 is 0 Å². The maximum atomic E-state index is 11.7. The topological polar surface area (TPSA) is 59.6 Å². The first-order valence-electron chi connectivity index (χ1n) is 8.23. The number of ether oxygens (including phenoxy) is 2. The highest BCUT2D eigenvalue weighted by molar-refractivity contribution is 5.68. The molecule has 1 aliphatic carbocycles. The van der Waals surface area contributed by atoms with Gasteiger partial charge in [-0.15, -0.1) is 0 Å². The first-order valence-corrected chi connectivity index (χ1v) is 8.23. The number of carbonyl (C=O) groups is 1. The van der Waals surface area contributed by atoms with Crippen LogP contribution in [0.3, 0.4) is 0 Å². The summed E-state index contributed by atoms with van der Waals surface area (Å²) in [6.45, 7) is 8.69. The molecule has 0 aromatic heterocycles. The Kier molecular flexibility index (Phi) is 5.49. The number of hydrogen-bond acceptors (Lipinski definition) is 4. The molecule has 2 unspecified atom stereocenters. The molecule has 122 valence electrons. The third kappa shape index (κ3) is 5.47. The van der Waals surface area contributed by atoms with E-state index in [4.69, 9.17) is 9.47 Å². The zero-order chi connectivity index (χ0) is 15.5. The molecule has 5 heteroatoms. The number of hydrogen-bond donors (Lipinski definition) is 2. The Bertz CT molecular complexity index is 348. The van der Waals surface area contributed by atoms with E-state index in [0.29, 0.717) is 18.2 Å². The average Bonchev–Trinajstić information content (AvgIpc) is 2.34. The summed E-state index contributed by atoms with van der Waals surface area (Å²) in [5.41, 5.74) is -0.428. The molecule has 0 bridgehead atoms. The standard InChI is InChI=1S/C16H30N2O3/c1-5-14-10-11(6-7-20-14)17-12-8-13(9-12)18-15(19)21-16(2,3)4/h11-14,17H,5-10H2,1-4H3,(H,18,19). The number of amides is 1. The maximum Gasteiger partial charge on any atom is 0.407 e. The lowest BCUT2D eigenvalue weighted by molar-refractivity contribution is -0.00491. The average molecular weight is 298 g/mol. The Morgan fingerprint density at radius 2 is 1.90 bits per heavy atom. The van der Waals surface area contributed by atoms with Crippen LogP contribution in [-0.2, 0) is 9.47 Å². The highest BCUT2D eigenvalue weighted by atomic mass is 16.6. The predicted octanol–water partition coefficient (Wildman–Crippen LogP) is 2.59. The third-order valence-electron chi connectivity index (χ3n) is 4.15. The van der Waals surface area contributed by atoms with Crippen LogP contribution >= 0.6 is 0 Å². The highest BCUT2D eigenvalue weighted by Crippen LogP contribution is 2.24. The zero-order valence-corrected chi connectivity index (χ0v) is 13.8. The van der Waals surface area contributed by atoms with Crippen LogP contribution in [0.15, 0.2) is 0 Å². The summed E-state index contributed by atoms with van der Waals surface area (Å²) in [7, 11) is 0. The van der Waals surface area contributed by atoms with Crippen molar-refractivity contribution in [2.45, 2.75) is 89.6 Å². The lowest BCUT2D eigenvalue weighted by Crippen LogP contribution is -2.56. The minimum absolute atomic E-state index is 0.249. The number of alkyl carbamates (subject to hydrolysis) is 1. The van der Waals surface area contributed by atoms with Crippen molar-refractivity contribution in [3.8, 4) is 0 Å². The Balaban J connectivity index is 1.62. The minimum Gasteiger partial charge on any atom is -0.444 e. The molecule has 1 amide bonds. The van der Waals surface area contributed by atoms with Crippen molar-refractivity contribution in [3.63, 3.8) is 0 Å². The van der Waals surface area contributed by atoms with Crippen molar-refractivity contribution in [1.29, 1.82) is 0 Å². The summed E-state index contributed by atoms with van der Waals surface area (Å²) in [5.74, 6) is 0. The molecule has 1 saturated heterocycles. The predicted molar refractivity (Wildman–Crippen MR) is 82.4 cm³/mol. The summed E-state index contributed by atoms with van der Waals surface area (Å²) < 4.78 is 11.0. The van der Waals surface area contributed by atoms with Gasteiger partial charge in [0.15, 0.2) is 0 Å². The Morgan fingerprint density at radius 3 is 2.52 bits per heavy atom. The van der Waals surface area contributed by atoms with E-state index in [1.165, 1.54) is 0 Å². The lowest BCUT2D eigenvalue weighted by atomic mass is 9.85. The Hall–Kier alpha value is -0.810. The smallest absolute Gasteiger partial charge is 0.407 e. The summed E-state index contributed by atoms with van der Waals surface area (Å²) >= 11 is 0. The molecule has 1 saturated carbocycles. The largest absolute Gasteiger partial charge is 0.444 e. The molecule has 21 heavy (non-hydrogen) atoms. The van der Waals surface area contributed by atoms with Crippen molar-refractivity contribution in [2.24, 2.45) is 0 Å². The zero-order valence-electron chi connectivity index (χ0n) is 13.8. The first-order chi connectivity index (χ1) is 9.85. The molecule has 0 radical (unpaired) electrons. The maximum absolute atomic E-state index is 11.7.